The second-order valence-electron chi connectivity index (χ2n) is 3.44. The van der Waals surface area contributed by atoms with Gasteiger partial charge in [-0.05, 0) is 11.6 Å². The van der Waals surface area contributed by atoms with Crippen molar-refractivity contribution < 1.29 is 4.92 Å². The Kier molecular flexibility index (Phi) is 1.97. The Hall–Kier alpha value is -1.82. The SMILES string of the molecule is O=[N+]([O-])c1ccc2c(c1)CSc1nccn1-2. The number of fused-ring (bicyclic) bond motifs is 3. The van der Waals surface area contributed by atoms with Crippen LogP contribution in [0, 0.1) is 10.1 Å². The Morgan fingerprint density at radius 3 is 3.19 bits per heavy atom. The Morgan fingerprint density at radius 1 is 1.50 bits per heavy atom. The van der Waals surface area contributed by atoms with Crippen molar-refractivity contribution in [3.63, 3.8) is 0 Å². The van der Waals surface area contributed by atoms with Crippen LogP contribution in [0.5, 0.6) is 0 Å². The number of benzene rings is 1. The van der Waals surface area contributed by atoms with E-state index in [2.05, 4.69) is 4.98 Å². The van der Waals surface area contributed by atoms with Gasteiger partial charge in [-0.2, -0.15) is 0 Å². The second-order valence-corrected chi connectivity index (χ2v) is 4.38. The van der Waals surface area contributed by atoms with Crippen LogP contribution in [-0.2, 0) is 5.75 Å². The number of rotatable bonds is 1. The van der Waals surface area contributed by atoms with Crippen LogP contribution in [0.15, 0.2) is 35.7 Å². The third-order valence-corrected chi connectivity index (χ3v) is 3.51. The van der Waals surface area contributed by atoms with Gasteiger partial charge in [0.2, 0.25) is 0 Å². The molecule has 0 saturated heterocycles. The number of nitro groups is 1. The summed E-state index contributed by atoms with van der Waals surface area (Å²) in [6.45, 7) is 0. The van der Waals surface area contributed by atoms with Crippen LogP contribution in [0.3, 0.4) is 0 Å². The first kappa shape index (κ1) is 9.41. The monoisotopic (exact) mass is 233 g/mol. The third-order valence-electron chi connectivity index (χ3n) is 2.50. The first-order chi connectivity index (χ1) is 7.75. The third kappa shape index (κ3) is 1.30. The molecular weight excluding hydrogens is 226 g/mol. The fraction of sp³-hybridized carbons (Fsp3) is 0.100. The van der Waals surface area contributed by atoms with Gasteiger partial charge in [0.1, 0.15) is 0 Å². The first-order valence-corrected chi connectivity index (χ1v) is 5.68. The van der Waals surface area contributed by atoms with Gasteiger partial charge in [0, 0.05) is 30.3 Å². The highest BCUT2D eigenvalue weighted by Crippen LogP contribution is 2.34. The average Bonchev–Trinajstić information content (AvgIpc) is 2.76. The lowest BCUT2D eigenvalue weighted by atomic mass is 10.1. The molecule has 0 unspecified atom stereocenters. The Balaban J connectivity index is 2.17. The number of thioether (sulfide) groups is 1. The van der Waals surface area contributed by atoms with Gasteiger partial charge in [-0.1, -0.05) is 11.8 Å². The van der Waals surface area contributed by atoms with E-state index in [-0.39, 0.29) is 10.6 Å². The van der Waals surface area contributed by atoms with Gasteiger partial charge in [0.05, 0.1) is 10.6 Å². The number of aromatic nitrogens is 2. The molecule has 0 bridgehead atoms. The highest BCUT2D eigenvalue weighted by Gasteiger charge is 2.19. The maximum Gasteiger partial charge on any atom is 0.269 e. The molecule has 0 aliphatic carbocycles. The molecule has 16 heavy (non-hydrogen) atoms. The summed E-state index contributed by atoms with van der Waals surface area (Å²) in [4.78, 5) is 14.5. The van der Waals surface area contributed by atoms with Crippen molar-refractivity contribution in [2.24, 2.45) is 0 Å². The summed E-state index contributed by atoms with van der Waals surface area (Å²) < 4.78 is 1.95. The molecule has 0 fully saturated rings. The van der Waals surface area contributed by atoms with E-state index in [0.29, 0.717) is 0 Å². The van der Waals surface area contributed by atoms with Gasteiger partial charge in [0.25, 0.3) is 5.69 Å². The van der Waals surface area contributed by atoms with Crippen LogP contribution < -0.4 is 0 Å². The second kappa shape index (κ2) is 3.34. The molecule has 1 aliphatic rings. The van der Waals surface area contributed by atoms with E-state index in [1.165, 1.54) is 6.07 Å². The zero-order valence-corrected chi connectivity index (χ0v) is 8.98. The Labute approximate surface area is 95.3 Å². The van der Waals surface area contributed by atoms with Crippen LogP contribution in [0.4, 0.5) is 5.69 Å². The minimum absolute atomic E-state index is 0.142. The van der Waals surface area contributed by atoms with Crippen molar-refractivity contribution in [3.8, 4) is 5.69 Å². The molecule has 0 radical (unpaired) electrons. The van der Waals surface area contributed by atoms with Gasteiger partial charge < -0.3 is 0 Å². The minimum Gasteiger partial charge on any atom is -0.295 e. The zero-order valence-electron chi connectivity index (χ0n) is 8.16. The van der Waals surface area contributed by atoms with E-state index >= 15 is 0 Å². The quantitative estimate of drug-likeness (QED) is 0.560. The van der Waals surface area contributed by atoms with Crippen LogP contribution in [0.25, 0.3) is 5.69 Å². The van der Waals surface area contributed by atoms with E-state index in [9.17, 15) is 10.1 Å². The first-order valence-electron chi connectivity index (χ1n) is 4.69. The van der Waals surface area contributed by atoms with Crippen LogP contribution in [0.1, 0.15) is 5.56 Å². The molecular formula is C10H7N3O2S. The lowest BCUT2D eigenvalue weighted by molar-refractivity contribution is -0.384. The molecule has 0 atom stereocenters. The lowest BCUT2D eigenvalue weighted by Gasteiger charge is -2.17. The van der Waals surface area contributed by atoms with Crippen molar-refractivity contribution in [2.45, 2.75) is 10.9 Å². The van der Waals surface area contributed by atoms with Gasteiger partial charge in [-0.25, -0.2) is 4.98 Å². The van der Waals surface area contributed by atoms with E-state index in [1.54, 1.807) is 30.1 Å². The summed E-state index contributed by atoms with van der Waals surface area (Å²) in [5, 5.41) is 11.6. The van der Waals surface area contributed by atoms with Crippen molar-refractivity contribution in [3.05, 3.63) is 46.3 Å². The van der Waals surface area contributed by atoms with E-state index in [4.69, 9.17) is 0 Å². The molecule has 1 aromatic heterocycles. The van der Waals surface area contributed by atoms with Gasteiger partial charge >= 0.3 is 0 Å². The molecule has 2 aromatic rings. The largest absolute Gasteiger partial charge is 0.295 e. The predicted molar refractivity (Wildman–Crippen MR) is 59.8 cm³/mol. The summed E-state index contributed by atoms with van der Waals surface area (Å²) in [6.07, 6.45) is 3.60. The molecule has 3 rings (SSSR count). The zero-order chi connectivity index (χ0) is 11.1. The number of hydrogen-bond donors (Lipinski definition) is 0. The number of nitro benzene ring substituents is 1. The molecule has 6 heteroatoms. The van der Waals surface area contributed by atoms with Crippen molar-refractivity contribution in [1.82, 2.24) is 9.55 Å². The molecule has 2 heterocycles. The van der Waals surface area contributed by atoms with Gasteiger partial charge in [0.15, 0.2) is 5.16 Å². The summed E-state index contributed by atoms with van der Waals surface area (Å²) in [5.74, 6) is 0.730. The Morgan fingerprint density at radius 2 is 2.38 bits per heavy atom. The summed E-state index contributed by atoms with van der Waals surface area (Å²) in [7, 11) is 0. The standard InChI is InChI=1S/C10H7N3O2S/c14-13(15)8-1-2-9-7(5-8)6-16-10-11-3-4-12(9)10/h1-5H,6H2. The maximum absolute atomic E-state index is 10.7. The smallest absolute Gasteiger partial charge is 0.269 e. The molecule has 80 valence electrons. The van der Waals surface area contributed by atoms with Crippen LogP contribution >= 0.6 is 11.8 Å². The molecule has 1 aromatic carbocycles. The highest BCUT2D eigenvalue weighted by molar-refractivity contribution is 7.98. The van der Waals surface area contributed by atoms with Crippen molar-refractivity contribution in [1.29, 1.82) is 0 Å². The number of imidazole rings is 1. The summed E-state index contributed by atoms with van der Waals surface area (Å²) in [6, 6.07) is 4.93. The molecule has 0 saturated carbocycles. The number of non-ortho nitro benzene ring substituents is 1. The molecule has 5 nitrogen and oxygen atoms in total. The highest BCUT2D eigenvalue weighted by atomic mass is 32.2. The molecule has 1 aliphatic heterocycles. The maximum atomic E-state index is 10.7. The van der Waals surface area contributed by atoms with Crippen molar-refractivity contribution >= 4 is 17.4 Å². The van der Waals surface area contributed by atoms with Crippen LogP contribution in [-0.4, -0.2) is 14.5 Å². The lowest BCUT2D eigenvalue weighted by Crippen LogP contribution is -2.05. The fourth-order valence-corrected chi connectivity index (χ4v) is 2.71. The average molecular weight is 233 g/mol. The minimum atomic E-state index is -0.367. The predicted octanol–water partition coefficient (Wildman–Crippen LogP) is 2.39. The Bertz CT molecular complexity index is 579. The van der Waals surface area contributed by atoms with Crippen molar-refractivity contribution in [2.75, 3.05) is 0 Å². The van der Waals surface area contributed by atoms with Gasteiger partial charge in [-0.3, -0.25) is 14.7 Å². The van der Waals surface area contributed by atoms with E-state index < -0.39 is 0 Å². The molecule has 0 N–H and O–H groups in total. The number of hydrogen-bond acceptors (Lipinski definition) is 4. The fourth-order valence-electron chi connectivity index (χ4n) is 1.76. The normalized spacial score (nSPS) is 13.0. The van der Waals surface area contributed by atoms with E-state index in [0.717, 1.165) is 22.2 Å². The molecule has 0 amide bonds. The van der Waals surface area contributed by atoms with Crippen LogP contribution in [0.2, 0.25) is 0 Å². The molecule has 0 spiro atoms. The number of nitrogens with zero attached hydrogens (tertiary/aromatic N) is 3. The summed E-state index contributed by atoms with van der Waals surface area (Å²) in [5.41, 5.74) is 2.10. The topological polar surface area (TPSA) is 61.0 Å². The van der Waals surface area contributed by atoms with E-state index in [1.807, 2.05) is 10.8 Å². The van der Waals surface area contributed by atoms with Gasteiger partial charge in [-0.15, -0.1) is 0 Å². The summed E-state index contributed by atoms with van der Waals surface area (Å²) >= 11 is 1.59.